The molecule has 13 heteroatoms. The minimum atomic E-state index is -4.95. The molecule has 0 radical (unpaired) electrons. The first-order valence-corrected chi connectivity index (χ1v) is 10.5. The van der Waals surface area contributed by atoms with Gasteiger partial charge in [0.1, 0.15) is 22.0 Å². The van der Waals surface area contributed by atoms with Crippen molar-refractivity contribution in [3.63, 3.8) is 0 Å². The number of benzene rings is 3. The Labute approximate surface area is 164 Å². The zero-order valence-corrected chi connectivity index (χ0v) is 15.9. The van der Waals surface area contributed by atoms with Crippen LogP contribution in [0.15, 0.2) is 62.5 Å². The van der Waals surface area contributed by atoms with Gasteiger partial charge in [0.15, 0.2) is 5.75 Å². The molecule has 0 saturated carbocycles. The second-order valence-corrected chi connectivity index (χ2v) is 8.63. The molecular weight excluding hydrogens is 426 g/mol. The van der Waals surface area contributed by atoms with E-state index in [4.69, 9.17) is 5.73 Å². The Hall–Kier alpha value is -3.26. The molecule has 3 aromatic rings. The number of nitrogens with zero attached hydrogens (tertiary/aromatic N) is 2. The number of nitrogen functional groups attached to an aromatic ring is 1. The molecule has 0 unspecified atom stereocenters. The van der Waals surface area contributed by atoms with Gasteiger partial charge in [-0.25, -0.2) is 0 Å². The molecule has 0 atom stereocenters. The molecule has 0 aliphatic rings. The third-order valence-electron chi connectivity index (χ3n) is 3.87. The summed E-state index contributed by atoms with van der Waals surface area (Å²) < 4.78 is 65.0. The molecule has 6 N–H and O–H groups in total. The number of phenolic OH excluding ortho intramolecular Hbond substituents is 2. The van der Waals surface area contributed by atoms with E-state index in [9.17, 15) is 36.2 Å². The number of hydrogen-bond acceptors (Lipinski definition) is 9. The maximum atomic E-state index is 11.8. The number of anilines is 1. The lowest BCUT2D eigenvalue weighted by Crippen LogP contribution is -2.02. The number of azo groups is 1. The molecule has 0 bridgehead atoms. The Morgan fingerprint density at radius 1 is 0.862 bits per heavy atom. The largest absolute Gasteiger partial charge is 0.506 e. The number of aromatic hydroxyl groups is 2. The fourth-order valence-electron chi connectivity index (χ4n) is 2.59. The highest BCUT2D eigenvalue weighted by Gasteiger charge is 2.24. The molecule has 3 aromatic carbocycles. The summed E-state index contributed by atoms with van der Waals surface area (Å²) in [6, 6.07) is 8.22. The maximum Gasteiger partial charge on any atom is 0.296 e. The number of para-hydroxylation sites is 1. The zero-order valence-electron chi connectivity index (χ0n) is 14.3. The summed E-state index contributed by atoms with van der Waals surface area (Å²) in [5.74, 6) is -1.09. The minimum Gasteiger partial charge on any atom is -0.506 e. The van der Waals surface area contributed by atoms with E-state index in [1.807, 2.05) is 0 Å². The highest BCUT2D eigenvalue weighted by Crippen LogP contribution is 2.44. The van der Waals surface area contributed by atoms with Crippen LogP contribution in [0.5, 0.6) is 11.5 Å². The first kappa shape index (κ1) is 20.5. The van der Waals surface area contributed by atoms with Gasteiger partial charge in [-0.05, 0) is 35.7 Å². The first-order chi connectivity index (χ1) is 13.4. The van der Waals surface area contributed by atoms with E-state index in [0.29, 0.717) is 0 Å². The van der Waals surface area contributed by atoms with Crippen molar-refractivity contribution < 1.29 is 36.2 Å². The Bertz CT molecular complexity index is 1380. The summed E-state index contributed by atoms with van der Waals surface area (Å²) in [5.41, 5.74) is 4.70. The van der Waals surface area contributed by atoms with Gasteiger partial charge in [0.05, 0.1) is 4.90 Å². The number of fused-ring (bicyclic) bond motifs is 1. The van der Waals surface area contributed by atoms with Crippen molar-refractivity contribution >= 4 is 48.1 Å². The highest BCUT2D eigenvalue weighted by atomic mass is 32.2. The molecule has 0 aliphatic carbocycles. The van der Waals surface area contributed by atoms with E-state index in [-0.39, 0.29) is 27.9 Å². The van der Waals surface area contributed by atoms with Gasteiger partial charge in [0.2, 0.25) is 0 Å². The van der Waals surface area contributed by atoms with Crippen LogP contribution < -0.4 is 5.73 Å². The van der Waals surface area contributed by atoms with Gasteiger partial charge in [-0.15, -0.1) is 10.2 Å². The second-order valence-electron chi connectivity index (χ2n) is 5.82. The van der Waals surface area contributed by atoms with Gasteiger partial charge in [-0.1, -0.05) is 12.1 Å². The van der Waals surface area contributed by atoms with Crippen LogP contribution in [0.25, 0.3) is 10.8 Å². The quantitative estimate of drug-likeness (QED) is 0.230. The third kappa shape index (κ3) is 3.97. The van der Waals surface area contributed by atoms with Crippen molar-refractivity contribution in [3.05, 3.63) is 42.5 Å². The van der Waals surface area contributed by atoms with Gasteiger partial charge in [-0.2, -0.15) is 16.8 Å². The normalized spacial score (nSPS) is 12.6. The summed E-state index contributed by atoms with van der Waals surface area (Å²) in [4.78, 5) is -1.54. The molecule has 152 valence electrons. The van der Waals surface area contributed by atoms with Crippen LogP contribution in [0, 0.1) is 0 Å². The van der Waals surface area contributed by atoms with E-state index in [0.717, 1.165) is 18.2 Å². The third-order valence-corrected chi connectivity index (χ3v) is 5.57. The summed E-state index contributed by atoms with van der Waals surface area (Å²) in [6.45, 7) is 0. The van der Waals surface area contributed by atoms with Gasteiger partial charge < -0.3 is 15.9 Å². The molecule has 0 aromatic heterocycles. The zero-order chi connectivity index (χ0) is 21.6. The predicted octanol–water partition coefficient (Wildman–Crippen LogP) is 2.74. The van der Waals surface area contributed by atoms with Gasteiger partial charge in [0, 0.05) is 11.1 Å². The Balaban J connectivity index is 2.36. The first-order valence-electron chi connectivity index (χ1n) is 7.63. The maximum absolute atomic E-state index is 11.8. The fourth-order valence-corrected chi connectivity index (χ4v) is 3.80. The smallest absolute Gasteiger partial charge is 0.296 e. The van der Waals surface area contributed by atoms with Crippen molar-refractivity contribution in [2.24, 2.45) is 10.2 Å². The molecule has 0 aliphatic heterocycles. The standard InChI is InChI=1S/C16H13N3O8S2/c17-10-7-9(28(22,23)24)5-8-6-13(29(25,26)27)15(16(21)14(8)10)19-18-11-3-1-2-4-12(11)20/h1-7,20-21H,17H2,(H,22,23,24)(H,25,26,27). The van der Waals surface area contributed by atoms with Crippen LogP contribution in [0.1, 0.15) is 0 Å². The monoisotopic (exact) mass is 439 g/mol. The van der Waals surface area contributed by atoms with E-state index in [1.165, 1.54) is 24.3 Å². The summed E-state index contributed by atoms with van der Waals surface area (Å²) in [7, 11) is -9.63. The molecule has 0 heterocycles. The predicted molar refractivity (Wildman–Crippen MR) is 102 cm³/mol. The minimum absolute atomic E-state index is 0.0528. The van der Waals surface area contributed by atoms with Crippen molar-refractivity contribution in [2.75, 3.05) is 5.73 Å². The Kier molecular flexibility index (Phi) is 4.92. The van der Waals surface area contributed by atoms with Crippen LogP contribution in [-0.2, 0) is 20.2 Å². The molecule has 0 spiro atoms. The lowest BCUT2D eigenvalue weighted by molar-refractivity contribution is 0.471. The molecule has 3 rings (SSSR count). The average molecular weight is 439 g/mol. The molecule has 11 nitrogen and oxygen atoms in total. The number of phenols is 2. The van der Waals surface area contributed by atoms with Crippen LogP contribution in [-0.4, -0.2) is 36.2 Å². The van der Waals surface area contributed by atoms with Crippen LogP contribution in [0.3, 0.4) is 0 Å². The Morgan fingerprint density at radius 3 is 2.10 bits per heavy atom. The van der Waals surface area contributed by atoms with Crippen LogP contribution >= 0.6 is 0 Å². The van der Waals surface area contributed by atoms with Crippen LogP contribution in [0.2, 0.25) is 0 Å². The second kappa shape index (κ2) is 6.97. The topological polar surface area (TPSA) is 200 Å². The lowest BCUT2D eigenvalue weighted by atomic mass is 10.1. The SMILES string of the molecule is Nc1cc(S(=O)(=O)O)cc2cc(S(=O)(=O)O)c(N=Nc3ccccc3O)c(O)c12. The van der Waals surface area contributed by atoms with Crippen molar-refractivity contribution in [1.82, 2.24) is 0 Å². The number of hydrogen-bond donors (Lipinski definition) is 5. The van der Waals surface area contributed by atoms with E-state index in [1.54, 1.807) is 0 Å². The van der Waals surface area contributed by atoms with E-state index in [2.05, 4.69) is 10.2 Å². The van der Waals surface area contributed by atoms with E-state index < -0.39 is 41.5 Å². The molecule has 0 fully saturated rings. The van der Waals surface area contributed by atoms with Gasteiger partial charge >= 0.3 is 0 Å². The lowest BCUT2D eigenvalue weighted by Gasteiger charge is -2.12. The van der Waals surface area contributed by atoms with Gasteiger partial charge in [-0.3, -0.25) is 9.11 Å². The van der Waals surface area contributed by atoms with Gasteiger partial charge in [0.25, 0.3) is 20.2 Å². The Morgan fingerprint density at radius 2 is 1.52 bits per heavy atom. The fraction of sp³-hybridized carbons (Fsp3) is 0. The van der Waals surface area contributed by atoms with Crippen molar-refractivity contribution in [2.45, 2.75) is 9.79 Å². The average Bonchev–Trinajstić information content (AvgIpc) is 2.60. The summed E-state index contributed by atoms with van der Waals surface area (Å²) in [5, 5.41) is 27.2. The van der Waals surface area contributed by atoms with Crippen molar-refractivity contribution in [3.8, 4) is 11.5 Å². The highest BCUT2D eigenvalue weighted by molar-refractivity contribution is 7.86. The number of rotatable bonds is 4. The summed E-state index contributed by atoms with van der Waals surface area (Å²) >= 11 is 0. The molecule has 29 heavy (non-hydrogen) atoms. The van der Waals surface area contributed by atoms with E-state index >= 15 is 0 Å². The molecule has 0 saturated heterocycles. The van der Waals surface area contributed by atoms with Crippen LogP contribution in [0.4, 0.5) is 17.1 Å². The number of nitrogens with two attached hydrogens (primary N) is 1. The van der Waals surface area contributed by atoms with Crippen molar-refractivity contribution in [1.29, 1.82) is 0 Å². The molecule has 0 amide bonds. The summed E-state index contributed by atoms with van der Waals surface area (Å²) in [6.07, 6.45) is 0. The molecular formula is C16H13N3O8S2.